The molecule has 0 amide bonds. The molecule has 0 spiro atoms. The fraction of sp³-hybridized carbons (Fsp3) is 0.333. The smallest absolute Gasteiger partial charge is 0.0146 e. The molecule has 1 aliphatic rings. The van der Waals surface area contributed by atoms with Crippen molar-refractivity contribution in [1.82, 2.24) is 0 Å². The zero-order valence-corrected chi connectivity index (χ0v) is 7.22. The summed E-state index contributed by atoms with van der Waals surface area (Å²) in [4.78, 5) is 0. The maximum absolute atomic E-state index is 3.34. The van der Waals surface area contributed by atoms with Crippen LogP contribution in [-0.2, 0) is 6.42 Å². The summed E-state index contributed by atoms with van der Waals surface area (Å²) >= 11 is 0. The Morgan fingerprint density at radius 2 is 2.00 bits per heavy atom. The highest BCUT2D eigenvalue weighted by atomic mass is 14.1. The molecule has 1 radical (unpaired) electrons. The molecule has 0 aliphatic heterocycles. The number of aryl methyl sites for hydroxylation is 1. The van der Waals surface area contributed by atoms with E-state index in [0.717, 1.165) is 0 Å². The molecule has 2 rings (SSSR count). The summed E-state index contributed by atoms with van der Waals surface area (Å²) in [5.74, 6) is 0. The van der Waals surface area contributed by atoms with Crippen LogP contribution >= 0.6 is 0 Å². The van der Waals surface area contributed by atoms with E-state index in [1.54, 1.807) is 0 Å². The van der Waals surface area contributed by atoms with Crippen LogP contribution in [0.4, 0.5) is 0 Å². The Morgan fingerprint density at radius 1 is 1.08 bits per heavy atom. The van der Waals surface area contributed by atoms with Crippen molar-refractivity contribution in [2.75, 3.05) is 0 Å². The van der Waals surface area contributed by atoms with Gasteiger partial charge in [0, 0.05) is 0 Å². The van der Waals surface area contributed by atoms with Gasteiger partial charge in [-0.15, -0.1) is 0 Å². The van der Waals surface area contributed by atoms with E-state index in [1.165, 1.54) is 36.8 Å². The summed E-state index contributed by atoms with van der Waals surface area (Å²) in [7, 11) is 0. The standard InChI is InChI=1S/C12H13/c1-2-4-8-12-10-6-5-9-11(12)7-3-1/h3,5-6,9-10H,1-2,4,8H2. The van der Waals surface area contributed by atoms with E-state index in [1.807, 2.05) is 0 Å². The summed E-state index contributed by atoms with van der Waals surface area (Å²) < 4.78 is 0. The van der Waals surface area contributed by atoms with Crippen molar-refractivity contribution >= 4 is 0 Å². The second-order valence-electron chi connectivity index (χ2n) is 3.25. The van der Waals surface area contributed by atoms with Crippen LogP contribution in [0.15, 0.2) is 30.3 Å². The second-order valence-corrected chi connectivity index (χ2v) is 3.25. The monoisotopic (exact) mass is 157 g/mol. The molecule has 61 valence electrons. The van der Waals surface area contributed by atoms with Gasteiger partial charge in [-0.3, -0.25) is 0 Å². The van der Waals surface area contributed by atoms with E-state index in [0.29, 0.717) is 0 Å². The number of fused-ring (bicyclic) bond motifs is 1. The zero-order chi connectivity index (χ0) is 8.23. The Hall–Kier alpha value is -1.04. The Kier molecular flexibility index (Phi) is 2.26. The largest absolute Gasteiger partial charge is 0.0760 e. The lowest BCUT2D eigenvalue weighted by Gasteiger charge is -2.07. The van der Waals surface area contributed by atoms with Gasteiger partial charge in [-0.05, 0) is 42.9 Å². The molecule has 0 heteroatoms. The van der Waals surface area contributed by atoms with Crippen LogP contribution in [-0.4, -0.2) is 0 Å². The molecule has 0 N–H and O–H groups in total. The van der Waals surface area contributed by atoms with Crippen LogP contribution < -0.4 is 0 Å². The number of benzene rings is 1. The van der Waals surface area contributed by atoms with Gasteiger partial charge in [-0.2, -0.15) is 0 Å². The lowest BCUT2D eigenvalue weighted by molar-refractivity contribution is 0.738. The summed E-state index contributed by atoms with van der Waals surface area (Å²) in [6.45, 7) is 0. The van der Waals surface area contributed by atoms with Gasteiger partial charge >= 0.3 is 0 Å². The van der Waals surface area contributed by atoms with Gasteiger partial charge < -0.3 is 0 Å². The number of hydrogen-bond donors (Lipinski definition) is 0. The molecule has 0 heterocycles. The Morgan fingerprint density at radius 3 is 3.00 bits per heavy atom. The zero-order valence-electron chi connectivity index (χ0n) is 7.22. The SMILES string of the molecule is [C]1=C\CCCCc2ccccc2/1. The van der Waals surface area contributed by atoms with E-state index in [4.69, 9.17) is 0 Å². The van der Waals surface area contributed by atoms with Crippen molar-refractivity contribution in [3.8, 4) is 0 Å². The van der Waals surface area contributed by atoms with Crippen LogP contribution in [0, 0.1) is 6.08 Å². The van der Waals surface area contributed by atoms with Gasteiger partial charge in [-0.1, -0.05) is 30.3 Å². The summed E-state index contributed by atoms with van der Waals surface area (Å²) in [6, 6.07) is 8.56. The Bertz CT molecular complexity index is 284. The summed E-state index contributed by atoms with van der Waals surface area (Å²) in [5.41, 5.74) is 2.74. The highest BCUT2D eigenvalue weighted by molar-refractivity contribution is 5.32. The third kappa shape index (κ3) is 1.58. The van der Waals surface area contributed by atoms with Gasteiger partial charge in [0.2, 0.25) is 0 Å². The molecular formula is C12H13. The molecule has 0 aromatic heterocycles. The van der Waals surface area contributed by atoms with Gasteiger partial charge in [0.1, 0.15) is 0 Å². The molecule has 0 unspecified atom stereocenters. The van der Waals surface area contributed by atoms with Crippen molar-refractivity contribution in [3.05, 3.63) is 47.5 Å². The fourth-order valence-electron chi connectivity index (χ4n) is 1.62. The third-order valence-electron chi connectivity index (χ3n) is 2.32. The third-order valence-corrected chi connectivity index (χ3v) is 2.32. The molecule has 0 bridgehead atoms. The summed E-state index contributed by atoms with van der Waals surface area (Å²) in [6.07, 6.45) is 10.5. The minimum atomic E-state index is 1.19. The first-order valence-electron chi connectivity index (χ1n) is 4.63. The van der Waals surface area contributed by atoms with Gasteiger partial charge in [0.25, 0.3) is 0 Å². The van der Waals surface area contributed by atoms with Gasteiger partial charge in [0.05, 0.1) is 0 Å². The molecule has 12 heavy (non-hydrogen) atoms. The predicted octanol–water partition coefficient (Wildman–Crippen LogP) is 3.12. The van der Waals surface area contributed by atoms with E-state index >= 15 is 0 Å². The number of hydrogen-bond acceptors (Lipinski definition) is 0. The van der Waals surface area contributed by atoms with Crippen LogP contribution in [0.25, 0.3) is 0 Å². The van der Waals surface area contributed by atoms with Crippen LogP contribution in [0.1, 0.15) is 30.4 Å². The van der Waals surface area contributed by atoms with E-state index in [9.17, 15) is 0 Å². The van der Waals surface area contributed by atoms with Crippen molar-refractivity contribution in [2.24, 2.45) is 0 Å². The summed E-state index contributed by atoms with van der Waals surface area (Å²) in [5, 5.41) is 0. The van der Waals surface area contributed by atoms with E-state index in [-0.39, 0.29) is 0 Å². The van der Waals surface area contributed by atoms with Crippen molar-refractivity contribution in [1.29, 1.82) is 0 Å². The van der Waals surface area contributed by atoms with Crippen LogP contribution in [0.5, 0.6) is 0 Å². The Balaban J connectivity index is 2.36. The van der Waals surface area contributed by atoms with E-state index in [2.05, 4.69) is 36.4 Å². The lowest BCUT2D eigenvalue weighted by atomic mass is 9.98. The average molecular weight is 157 g/mol. The second kappa shape index (κ2) is 3.57. The van der Waals surface area contributed by atoms with Crippen LogP contribution in [0.2, 0.25) is 0 Å². The first-order chi connectivity index (χ1) is 5.97. The normalized spacial score (nSPS) is 19.0. The Labute approximate surface area is 73.9 Å². The average Bonchev–Trinajstić information content (AvgIpc) is 2.06. The minimum Gasteiger partial charge on any atom is -0.0760 e. The lowest BCUT2D eigenvalue weighted by Crippen LogP contribution is -1.92. The highest BCUT2D eigenvalue weighted by Gasteiger charge is 2.00. The quantitative estimate of drug-likeness (QED) is 0.542. The number of rotatable bonds is 0. The maximum Gasteiger partial charge on any atom is -0.0146 e. The fourth-order valence-corrected chi connectivity index (χ4v) is 1.62. The van der Waals surface area contributed by atoms with Gasteiger partial charge in [0.15, 0.2) is 0 Å². The highest BCUT2D eigenvalue weighted by Crippen LogP contribution is 2.16. The topological polar surface area (TPSA) is 0 Å². The molecule has 0 saturated carbocycles. The van der Waals surface area contributed by atoms with Crippen molar-refractivity contribution in [2.45, 2.75) is 25.7 Å². The van der Waals surface area contributed by atoms with Crippen LogP contribution in [0.3, 0.4) is 0 Å². The van der Waals surface area contributed by atoms with Crippen molar-refractivity contribution in [3.63, 3.8) is 0 Å². The first kappa shape index (κ1) is 7.60. The molecule has 1 aromatic rings. The molecule has 1 aromatic carbocycles. The molecule has 0 saturated heterocycles. The molecule has 0 nitrogen and oxygen atoms in total. The number of allylic oxidation sites excluding steroid dienone is 1. The van der Waals surface area contributed by atoms with Crippen molar-refractivity contribution < 1.29 is 0 Å². The molecular weight excluding hydrogens is 144 g/mol. The molecule has 0 fully saturated rings. The maximum atomic E-state index is 3.34. The molecule has 0 atom stereocenters. The van der Waals surface area contributed by atoms with Gasteiger partial charge in [-0.25, -0.2) is 0 Å². The molecule has 1 aliphatic carbocycles. The minimum absolute atomic E-state index is 1.19. The predicted molar refractivity (Wildman–Crippen MR) is 50.9 cm³/mol. The van der Waals surface area contributed by atoms with E-state index < -0.39 is 0 Å². The first-order valence-corrected chi connectivity index (χ1v) is 4.63.